The Bertz CT molecular complexity index is 324. The maximum Gasteiger partial charge on any atom is -0.00187 e. The zero-order valence-corrected chi connectivity index (χ0v) is 24.8. The third-order valence-electron chi connectivity index (χ3n) is 7.66. The van der Waals surface area contributed by atoms with Crippen LogP contribution in [0, 0.1) is 5.92 Å². The van der Waals surface area contributed by atoms with Crippen LogP contribution >= 0.6 is 0 Å². The Balaban J connectivity index is 3.75. The lowest BCUT2D eigenvalue weighted by molar-refractivity contribution is 0.252. The van der Waals surface area contributed by atoms with Gasteiger partial charge in [0, 0.05) is 0 Å². The summed E-state index contributed by atoms with van der Waals surface area (Å²) in [7, 11) is 0. The number of rotatable bonds is 29. The van der Waals surface area contributed by atoms with Gasteiger partial charge in [-0.3, -0.25) is 0 Å². The van der Waals surface area contributed by atoms with Crippen LogP contribution in [0.25, 0.3) is 0 Å². The van der Waals surface area contributed by atoms with Crippen molar-refractivity contribution in [3.63, 3.8) is 0 Å². The van der Waals surface area contributed by atoms with E-state index in [2.05, 4.69) is 32.6 Å². The first kappa shape index (κ1) is 34.0. The molecule has 0 aliphatic carbocycles. The van der Waals surface area contributed by atoms with Gasteiger partial charge in [0.1, 0.15) is 0 Å². The predicted molar refractivity (Wildman–Crippen MR) is 158 cm³/mol. The van der Waals surface area contributed by atoms with Gasteiger partial charge in [-0.25, -0.2) is 0 Å². The lowest BCUT2D eigenvalue weighted by Crippen LogP contribution is -2.27. The van der Waals surface area contributed by atoms with Crippen LogP contribution in [-0.2, 0) is 0 Å². The van der Waals surface area contributed by atoms with Gasteiger partial charge in [0.15, 0.2) is 0 Å². The van der Waals surface area contributed by atoms with Crippen LogP contribution in [0.4, 0.5) is 0 Å². The van der Waals surface area contributed by atoms with Crippen LogP contribution in [-0.4, -0.2) is 24.5 Å². The van der Waals surface area contributed by atoms with Gasteiger partial charge in [-0.15, -0.1) is 0 Å². The van der Waals surface area contributed by atoms with Crippen molar-refractivity contribution in [1.82, 2.24) is 4.90 Å². The Morgan fingerprint density at radius 3 is 0.912 bits per heavy atom. The van der Waals surface area contributed by atoms with Crippen molar-refractivity contribution in [3.8, 4) is 0 Å². The van der Waals surface area contributed by atoms with Crippen LogP contribution in [0.1, 0.15) is 188 Å². The molecule has 0 atom stereocenters. The minimum atomic E-state index is 0.867. The second-order valence-corrected chi connectivity index (χ2v) is 11.8. The summed E-state index contributed by atoms with van der Waals surface area (Å²) in [4.78, 5) is 2.82. The Morgan fingerprint density at radius 2 is 0.618 bits per heavy atom. The van der Waals surface area contributed by atoms with Gasteiger partial charge in [0.25, 0.3) is 0 Å². The largest absolute Gasteiger partial charge is 0.303 e. The molecule has 0 aromatic heterocycles. The van der Waals surface area contributed by atoms with E-state index >= 15 is 0 Å². The van der Waals surface area contributed by atoms with Crippen molar-refractivity contribution in [2.45, 2.75) is 188 Å². The molecule has 34 heavy (non-hydrogen) atoms. The van der Waals surface area contributed by atoms with Crippen molar-refractivity contribution in [2.24, 2.45) is 5.92 Å². The van der Waals surface area contributed by atoms with E-state index in [1.165, 1.54) is 180 Å². The molecule has 0 fully saturated rings. The maximum absolute atomic E-state index is 2.82. The first-order chi connectivity index (χ1) is 16.7. The quantitative estimate of drug-likeness (QED) is 0.0964. The smallest absolute Gasteiger partial charge is 0.00187 e. The SMILES string of the molecule is CCCCCCCCCCCCCN(CCCCCCCCCCCCC)CCCCC(C)C. The van der Waals surface area contributed by atoms with E-state index < -0.39 is 0 Å². The standard InChI is InChI=1S/C33H69N/c1-5-7-9-11-13-15-17-19-21-23-26-30-34(32-28-25-29-33(3)4)31-27-24-22-20-18-16-14-12-10-8-6-2/h33H,5-32H2,1-4H3. The van der Waals surface area contributed by atoms with E-state index in [0.29, 0.717) is 0 Å². The van der Waals surface area contributed by atoms with Crippen LogP contribution in [0.5, 0.6) is 0 Å². The zero-order chi connectivity index (χ0) is 25.0. The van der Waals surface area contributed by atoms with E-state index in [1.807, 2.05) is 0 Å². The minimum Gasteiger partial charge on any atom is -0.303 e. The molecular weight excluding hydrogens is 410 g/mol. The zero-order valence-electron chi connectivity index (χ0n) is 24.8. The highest BCUT2D eigenvalue weighted by Gasteiger charge is 2.05. The number of hydrogen-bond donors (Lipinski definition) is 0. The van der Waals surface area contributed by atoms with Crippen LogP contribution in [0.3, 0.4) is 0 Å². The van der Waals surface area contributed by atoms with Crippen molar-refractivity contribution < 1.29 is 0 Å². The molecule has 0 saturated heterocycles. The number of hydrogen-bond acceptors (Lipinski definition) is 1. The second-order valence-electron chi connectivity index (χ2n) is 11.8. The van der Waals surface area contributed by atoms with E-state index in [9.17, 15) is 0 Å². The molecular formula is C33H69N. The van der Waals surface area contributed by atoms with Gasteiger partial charge in [-0.2, -0.15) is 0 Å². The highest BCUT2D eigenvalue weighted by atomic mass is 15.1. The Morgan fingerprint density at radius 1 is 0.353 bits per heavy atom. The molecule has 0 amide bonds. The predicted octanol–water partition coefficient (Wildman–Crippen LogP) is 11.7. The van der Waals surface area contributed by atoms with Gasteiger partial charge < -0.3 is 4.90 Å². The van der Waals surface area contributed by atoms with E-state index in [1.54, 1.807) is 0 Å². The van der Waals surface area contributed by atoms with Gasteiger partial charge in [0.05, 0.1) is 0 Å². The average Bonchev–Trinajstić information content (AvgIpc) is 2.82. The van der Waals surface area contributed by atoms with Crippen molar-refractivity contribution >= 4 is 0 Å². The summed E-state index contributed by atoms with van der Waals surface area (Å²) in [5, 5.41) is 0. The van der Waals surface area contributed by atoms with Crippen molar-refractivity contribution in [1.29, 1.82) is 0 Å². The fraction of sp³-hybridized carbons (Fsp3) is 1.00. The third kappa shape index (κ3) is 28.2. The molecule has 0 aromatic rings. The van der Waals surface area contributed by atoms with E-state index in [-0.39, 0.29) is 0 Å². The summed E-state index contributed by atoms with van der Waals surface area (Å²) in [5.41, 5.74) is 0. The van der Waals surface area contributed by atoms with Gasteiger partial charge >= 0.3 is 0 Å². The fourth-order valence-electron chi connectivity index (χ4n) is 5.22. The summed E-state index contributed by atoms with van der Waals surface area (Å²) in [5.74, 6) is 0.867. The summed E-state index contributed by atoms with van der Waals surface area (Å²) in [6.07, 6.45) is 36.2. The van der Waals surface area contributed by atoms with Crippen LogP contribution in [0.2, 0.25) is 0 Å². The molecule has 0 aliphatic rings. The number of nitrogens with zero attached hydrogens (tertiary/aromatic N) is 1. The first-order valence-electron chi connectivity index (χ1n) is 16.4. The van der Waals surface area contributed by atoms with Crippen molar-refractivity contribution in [3.05, 3.63) is 0 Å². The molecule has 0 aliphatic heterocycles. The molecule has 0 radical (unpaired) electrons. The molecule has 0 N–H and O–H groups in total. The normalized spacial score (nSPS) is 11.8. The monoisotopic (exact) mass is 480 g/mol. The second kappa shape index (κ2) is 29.2. The molecule has 0 heterocycles. The molecule has 0 rings (SSSR count). The topological polar surface area (TPSA) is 3.24 Å². The fourth-order valence-corrected chi connectivity index (χ4v) is 5.22. The lowest BCUT2D eigenvalue weighted by Gasteiger charge is -2.22. The molecule has 0 bridgehead atoms. The maximum atomic E-state index is 2.82. The molecule has 0 aromatic carbocycles. The van der Waals surface area contributed by atoms with Gasteiger partial charge in [0.2, 0.25) is 0 Å². The summed E-state index contributed by atoms with van der Waals surface area (Å²) in [6, 6.07) is 0. The summed E-state index contributed by atoms with van der Waals surface area (Å²) in [6.45, 7) is 13.4. The molecule has 1 heteroatoms. The number of unbranched alkanes of at least 4 members (excludes halogenated alkanes) is 21. The molecule has 0 spiro atoms. The Labute approximate surface area is 218 Å². The summed E-state index contributed by atoms with van der Waals surface area (Å²) >= 11 is 0. The van der Waals surface area contributed by atoms with Gasteiger partial charge in [-0.1, -0.05) is 169 Å². The Kier molecular flexibility index (Phi) is 29.2. The lowest BCUT2D eigenvalue weighted by atomic mass is 10.0. The molecule has 0 saturated carbocycles. The highest BCUT2D eigenvalue weighted by Crippen LogP contribution is 2.14. The molecule has 206 valence electrons. The molecule has 0 unspecified atom stereocenters. The Hall–Kier alpha value is -0.0400. The molecule has 1 nitrogen and oxygen atoms in total. The van der Waals surface area contributed by atoms with Crippen molar-refractivity contribution in [2.75, 3.05) is 19.6 Å². The summed E-state index contributed by atoms with van der Waals surface area (Å²) < 4.78 is 0. The average molecular weight is 480 g/mol. The van der Waals surface area contributed by atoms with E-state index in [4.69, 9.17) is 0 Å². The minimum absolute atomic E-state index is 0.867. The van der Waals surface area contributed by atoms with Crippen LogP contribution in [0.15, 0.2) is 0 Å². The third-order valence-corrected chi connectivity index (χ3v) is 7.66. The highest BCUT2D eigenvalue weighted by molar-refractivity contribution is 4.61. The van der Waals surface area contributed by atoms with Crippen LogP contribution < -0.4 is 0 Å². The van der Waals surface area contributed by atoms with E-state index in [0.717, 1.165) is 5.92 Å². The van der Waals surface area contributed by atoms with Gasteiger partial charge in [-0.05, 0) is 44.8 Å². The first-order valence-corrected chi connectivity index (χ1v) is 16.4.